The Morgan fingerprint density at radius 1 is 1.38 bits per heavy atom. The van der Waals surface area contributed by atoms with Crippen molar-refractivity contribution in [2.45, 2.75) is 57.0 Å². The lowest BCUT2D eigenvalue weighted by Crippen LogP contribution is -2.35. The van der Waals surface area contributed by atoms with E-state index >= 15 is 0 Å². The van der Waals surface area contributed by atoms with E-state index in [4.69, 9.17) is 5.11 Å². The maximum atomic E-state index is 12.8. The monoisotopic (exact) mass is 315 g/mol. The molecule has 1 heterocycles. The maximum Gasteiger partial charge on any atom is 0.325 e. The smallest absolute Gasteiger partial charge is 0.325 e. The quantitative estimate of drug-likeness (QED) is 0.880. The molecule has 8 heteroatoms. The molecule has 1 aliphatic carbocycles. The van der Waals surface area contributed by atoms with Crippen molar-refractivity contribution in [3.8, 4) is 0 Å². The van der Waals surface area contributed by atoms with Crippen LogP contribution in [-0.2, 0) is 21.4 Å². The van der Waals surface area contributed by atoms with E-state index in [0.717, 1.165) is 25.7 Å². The molecule has 0 saturated heterocycles. The summed E-state index contributed by atoms with van der Waals surface area (Å²) in [6.07, 6.45) is 3.83. The van der Waals surface area contributed by atoms with Gasteiger partial charge >= 0.3 is 5.97 Å². The van der Waals surface area contributed by atoms with Crippen LogP contribution >= 0.6 is 0 Å². The van der Waals surface area contributed by atoms with E-state index in [9.17, 15) is 13.2 Å². The van der Waals surface area contributed by atoms with Crippen molar-refractivity contribution in [2.75, 3.05) is 7.05 Å². The number of hydrogen-bond acceptors (Lipinski definition) is 4. The molecule has 1 aliphatic rings. The van der Waals surface area contributed by atoms with Gasteiger partial charge < -0.3 is 5.11 Å². The number of carbonyl (C=O) groups is 1. The highest BCUT2D eigenvalue weighted by atomic mass is 32.2. The molecular weight excluding hydrogens is 294 g/mol. The molecule has 2 rings (SSSR count). The molecule has 1 aromatic rings. The van der Waals surface area contributed by atoms with Crippen LogP contribution in [-0.4, -0.2) is 46.7 Å². The Bertz CT molecular complexity index is 645. The third-order valence-corrected chi connectivity index (χ3v) is 6.24. The minimum absolute atomic E-state index is 0.0247. The highest BCUT2D eigenvalue weighted by Gasteiger charge is 2.34. The van der Waals surface area contributed by atoms with Gasteiger partial charge in [-0.05, 0) is 26.7 Å². The van der Waals surface area contributed by atoms with Gasteiger partial charge in [0.1, 0.15) is 11.4 Å². The second-order valence-electron chi connectivity index (χ2n) is 5.51. The summed E-state index contributed by atoms with van der Waals surface area (Å²) in [6.45, 7) is 2.86. The van der Waals surface area contributed by atoms with Crippen LogP contribution in [0.2, 0.25) is 0 Å². The van der Waals surface area contributed by atoms with Gasteiger partial charge in [0.25, 0.3) is 0 Å². The molecule has 1 saturated carbocycles. The topological polar surface area (TPSA) is 92.5 Å². The van der Waals surface area contributed by atoms with Gasteiger partial charge in [-0.3, -0.25) is 9.48 Å². The fourth-order valence-corrected chi connectivity index (χ4v) is 4.73. The number of nitrogens with zero attached hydrogens (tertiary/aromatic N) is 3. The molecule has 0 aliphatic heterocycles. The Morgan fingerprint density at radius 2 is 1.95 bits per heavy atom. The van der Waals surface area contributed by atoms with Crippen LogP contribution in [0, 0.1) is 13.8 Å². The van der Waals surface area contributed by atoms with E-state index in [-0.39, 0.29) is 17.5 Å². The van der Waals surface area contributed by atoms with E-state index in [1.807, 2.05) is 0 Å². The van der Waals surface area contributed by atoms with Crippen LogP contribution < -0.4 is 0 Å². The third kappa shape index (κ3) is 2.96. The Kier molecular flexibility index (Phi) is 4.38. The fourth-order valence-electron chi connectivity index (χ4n) is 2.94. The van der Waals surface area contributed by atoms with Gasteiger partial charge in [-0.15, -0.1) is 0 Å². The highest BCUT2D eigenvalue weighted by molar-refractivity contribution is 7.89. The largest absolute Gasteiger partial charge is 0.480 e. The van der Waals surface area contributed by atoms with E-state index < -0.39 is 16.0 Å². The van der Waals surface area contributed by atoms with Crippen molar-refractivity contribution in [1.29, 1.82) is 0 Å². The lowest BCUT2D eigenvalue weighted by Gasteiger charge is -2.23. The molecule has 1 fully saturated rings. The number of rotatable bonds is 5. The van der Waals surface area contributed by atoms with Gasteiger partial charge in [-0.1, -0.05) is 12.8 Å². The molecule has 1 aromatic heterocycles. The van der Waals surface area contributed by atoms with E-state index in [1.165, 1.54) is 8.99 Å². The molecule has 0 bridgehead atoms. The van der Waals surface area contributed by atoms with Crippen molar-refractivity contribution in [2.24, 2.45) is 0 Å². The summed E-state index contributed by atoms with van der Waals surface area (Å²) < 4.78 is 28.2. The summed E-state index contributed by atoms with van der Waals surface area (Å²) in [4.78, 5) is 11.0. The first-order valence-electron chi connectivity index (χ1n) is 6.99. The van der Waals surface area contributed by atoms with Crippen molar-refractivity contribution in [3.05, 3.63) is 11.4 Å². The Hall–Kier alpha value is -1.41. The van der Waals surface area contributed by atoms with Crippen molar-refractivity contribution in [3.63, 3.8) is 0 Å². The van der Waals surface area contributed by atoms with E-state index in [1.54, 1.807) is 20.9 Å². The van der Waals surface area contributed by atoms with Crippen LogP contribution in [0.5, 0.6) is 0 Å². The Balaban J connectivity index is 2.40. The zero-order chi connectivity index (χ0) is 15.8. The zero-order valence-electron chi connectivity index (χ0n) is 12.5. The van der Waals surface area contributed by atoms with Gasteiger partial charge in [-0.2, -0.15) is 9.40 Å². The first-order valence-corrected chi connectivity index (χ1v) is 8.43. The summed E-state index contributed by atoms with van der Waals surface area (Å²) in [5, 5.41) is 12.9. The second-order valence-corrected chi connectivity index (χ2v) is 7.45. The lowest BCUT2D eigenvalue weighted by molar-refractivity contribution is -0.137. The Labute approximate surface area is 124 Å². The molecule has 0 unspecified atom stereocenters. The molecular formula is C13H21N3O4S. The number of aliphatic carboxylic acids is 1. The average Bonchev–Trinajstić information content (AvgIpc) is 2.97. The van der Waals surface area contributed by atoms with Gasteiger partial charge in [0.2, 0.25) is 10.0 Å². The molecule has 0 aromatic carbocycles. The lowest BCUT2D eigenvalue weighted by atomic mass is 10.3. The summed E-state index contributed by atoms with van der Waals surface area (Å²) in [6, 6.07) is 0.0247. The van der Waals surface area contributed by atoms with E-state index in [2.05, 4.69) is 5.10 Å². The summed E-state index contributed by atoms with van der Waals surface area (Å²) in [5.74, 6) is -1.05. The first-order chi connectivity index (χ1) is 9.75. The molecule has 21 heavy (non-hydrogen) atoms. The molecule has 0 radical (unpaired) electrons. The minimum Gasteiger partial charge on any atom is -0.480 e. The third-order valence-electron chi connectivity index (χ3n) is 4.08. The first kappa shape index (κ1) is 16.0. The predicted octanol–water partition coefficient (Wildman–Crippen LogP) is 1.15. The van der Waals surface area contributed by atoms with Crippen LogP contribution in [0.25, 0.3) is 0 Å². The molecule has 118 valence electrons. The fraction of sp³-hybridized carbons (Fsp3) is 0.692. The summed E-state index contributed by atoms with van der Waals surface area (Å²) in [5.41, 5.74) is 0.721. The van der Waals surface area contributed by atoms with Gasteiger partial charge in [0, 0.05) is 13.1 Å². The summed E-state index contributed by atoms with van der Waals surface area (Å²) >= 11 is 0. The molecule has 0 atom stereocenters. The second kappa shape index (κ2) is 5.76. The van der Waals surface area contributed by atoms with Gasteiger partial charge in [0.15, 0.2) is 0 Å². The number of sulfonamides is 1. The van der Waals surface area contributed by atoms with Crippen molar-refractivity contribution >= 4 is 16.0 Å². The van der Waals surface area contributed by atoms with Crippen molar-refractivity contribution in [1.82, 2.24) is 14.1 Å². The molecule has 7 nitrogen and oxygen atoms in total. The zero-order valence-corrected chi connectivity index (χ0v) is 13.4. The number of aryl methyl sites for hydroxylation is 1. The van der Waals surface area contributed by atoms with Crippen LogP contribution in [0.4, 0.5) is 0 Å². The van der Waals surface area contributed by atoms with Gasteiger partial charge in [-0.25, -0.2) is 8.42 Å². The molecule has 0 amide bonds. The van der Waals surface area contributed by atoms with Crippen molar-refractivity contribution < 1.29 is 18.3 Å². The van der Waals surface area contributed by atoms with Crippen LogP contribution in [0.1, 0.15) is 37.1 Å². The number of aromatic nitrogens is 2. The predicted molar refractivity (Wildman–Crippen MR) is 76.5 cm³/mol. The maximum absolute atomic E-state index is 12.8. The standard InChI is InChI=1S/C13H21N3O4S/c1-9-13(10(2)16(14-9)8-12(17)18)21(19,20)15(3)11-6-4-5-7-11/h11H,4-8H2,1-3H3,(H,17,18). The number of carboxylic acids is 1. The minimum atomic E-state index is -3.64. The SMILES string of the molecule is Cc1nn(CC(=O)O)c(C)c1S(=O)(=O)N(C)C1CCCC1. The van der Waals surface area contributed by atoms with Crippen LogP contribution in [0.15, 0.2) is 4.90 Å². The van der Waals surface area contributed by atoms with Gasteiger partial charge in [0.05, 0.1) is 11.4 Å². The number of hydrogen-bond donors (Lipinski definition) is 1. The Morgan fingerprint density at radius 3 is 2.48 bits per heavy atom. The van der Waals surface area contributed by atoms with E-state index in [0.29, 0.717) is 11.4 Å². The number of carboxylic acid groups (broad SMARTS) is 1. The highest BCUT2D eigenvalue weighted by Crippen LogP contribution is 2.29. The van der Waals surface area contributed by atoms with Crippen LogP contribution in [0.3, 0.4) is 0 Å². The average molecular weight is 315 g/mol. The molecule has 0 spiro atoms. The summed E-state index contributed by atoms with van der Waals surface area (Å²) in [7, 11) is -2.05. The normalized spacial score (nSPS) is 16.8. The molecule has 1 N–H and O–H groups in total.